The van der Waals surface area contributed by atoms with Crippen molar-refractivity contribution in [3.05, 3.63) is 24.0 Å². The molecule has 0 aromatic carbocycles. The maximum atomic E-state index is 5.40. The Balaban J connectivity index is 2.94. The fourth-order valence-electron chi connectivity index (χ4n) is 1.97. The summed E-state index contributed by atoms with van der Waals surface area (Å²) in [6.45, 7) is 7.71. The molecule has 2 unspecified atom stereocenters. The normalized spacial score (nSPS) is 14.4. The number of hydrogen-bond donors (Lipinski definition) is 1. The van der Waals surface area contributed by atoms with Gasteiger partial charge in [-0.2, -0.15) is 0 Å². The van der Waals surface area contributed by atoms with Crippen molar-refractivity contribution in [2.24, 2.45) is 5.92 Å². The van der Waals surface area contributed by atoms with Crippen LogP contribution in [0.25, 0.3) is 0 Å². The van der Waals surface area contributed by atoms with Gasteiger partial charge in [0.15, 0.2) is 0 Å². The fraction of sp³-hybridized carbons (Fsp3) is 0.643. The molecular weight excluding hydrogens is 212 g/mol. The highest BCUT2D eigenvalue weighted by Crippen LogP contribution is 2.30. The molecule has 1 aromatic rings. The van der Waals surface area contributed by atoms with Gasteiger partial charge in [-0.05, 0) is 24.9 Å². The molecule has 3 heteroatoms. The van der Waals surface area contributed by atoms with Crippen molar-refractivity contribution in [2.75, 3.05) is 13.7 Å². The molecule has 0 aliphatic heterocycles. The minimum absolute atomic E-state index is 0.345. The predicted octanol–water partition coefficient (Wildman–Crippen LogP) is 3.18. The van der Waals surface area contributed by atoms with E-state index in [0.29, 0.717) is 12.0 Å². The van der Waals surface area contributed by atoms with E-state index < -0.39 is 0 Å². The average Bonchev–Trinajstić information content (AvgIpc) is 2.39. The molecule has 0 fully saturated rings. The quantitative estimate of drug-likeness (QED) is 0.789. The van der Waals surface area contributed by atoms with Gasteiger partial charge < -0.3 is 10.1 Å². The zero-order chi connectivity index (χ0) is 12.7. The number of aromatic nitrogens is 1. The van der Waals surface area contributed by atoms with E-state index in [1.165, 1.54) is 5.56 Å². The highest BCUT2D eigenvalue weighted by Gasteiger charge is 2.20. The third-order valence-corrected chi connectivity index (χ3v) is 3.20. The van der Waals surface area contributed by atoms with Crippen LogP contribution in [0.4, 0.5) is 0 Å². The first-order valence-corrected chi connectivity index (χ1v) is 6.45. The number of nitrogens with one attached hydrogen (secondary N) is 1. The van der Waals surface area contributed by atoms with Crippen molar-refractivity contribution < 1.29 is 4.74 Å². The van der Waals surface area contributed by atoms with E-state index in [1.807, 2.05) is 6.20 Å². The largest absolute Gasteiger partial charge is 0.495 e. The Bertz CT molecular complexity index is 328. The number of pyridine rings is 1. The smallest absolute Gasteiger partial charge is 0.141 e. The summed E-state index contributed by atoms with van der Waals surface area (Å²) in [6.07, 6.45) is 5.91. The number of nitrogens with zero attached hydrogens (tertiary/aromatic N) is 1. The Morgan fingerprint density at radius 1 is 1.41 bits per heavy atom. The van der Waals surface area contributed by atoms with E-state index in [9.17, 15) is 0 Å². The maximum Gasteiger partial charge on any atom is 0.141 e. The molecule has 1 rings (SSSR count). The number of hydrogen-bond acceptors (Lipinski definition) is 3. The number of methoxy groups -OCH3 is 1. The van der Waals surface area contributed by atoms with Gasteiger partial charge in [-0.1, -0.05) is 27.2 Å². The molecule has 0 bridgehead atoms. The van der Waals surface area contributed by atoms with Crippen LogP contribution in [-0.4, -0.2) is 18.6 Å². The first kappa shape index (κ1) is 14.0. The molecule has 17 heavy (non-hydrogen) atoms. The summed E-state index contributed by atoms with van der Waals surface area (Å²) >= 11 is 0. The first-order chi connectivity index (χ1) is 8.24. The van der Waals surface area contributed by atoms with Crippen LogP contribution in [0.5, 0.6) is 5.75 Å². The Morgan fingerprint density at radius 2 is 2.18 bits per heavy atom. The number of ether oxygens (including phenoxy) is 1. The van der Waals surface area contributed by atoms with Crippen molar-refractivity contribution in [1.29, 1.82) is 0 Å². The molecule has 2 atom stereocenters. The second-order valence-electron chi connectivity index (χ2n) is 4.43. The molecule has 96 valence electrons. The van der Waals surface area contributed by atoms with Crippen molar-refractivity contribution >= 4 is 0 Å². The van der Waals surface area contributed by atoms with Gasteiger partial charge in [0, 0.05) is 17.8 Å². The molecule has 0 aliphatic rings. The van der Waals surface area contributed by atoms with Crippen molar-refractivity contribution in [3.8, 4) is 5.75 Å². The Kier molecular flexibility index (Phi) is 5.98. The zero-order valence-electron chi connectivity index (χ0n) is 11.4. The van der Waals surface area contributed by atoms with Crippen LogP contribution in [0.15, 0.2) is 18.5 Å². The average molecular weight is 236 g/mol. The molecule has 3 nitrogen and oxygen atoms in total. The standard InChI is InChI=1S/C14H24N2O/c1-5-8-16-14(11(3)6-2)12-7-9-15-10-13(12)17-4/h7,9-11,14,16H,5-6,8H2,1-4H3. The van der Waals surface area contributed by atoms with E-state index in [0.717, 1.165) is 25.1 Å². The Labute approximate surface area is 105 Å². The molecule has 0 saturated heterocycles. The van der Waals surface area contributed by atoms with Crippen LogP contribution in [0, 0.1) is 5.92 Å². The van der Waals surface area contributed by atoms with Crippen LogP contribution in [-0.2, 0) is 0 Å². The monoisotopic (exact) mass is 236 g/mol. The lowest BCUT2D eigenvalue weighted by Crippen LogP contribution is -2.27. The molecule has 0 spiro atoms. The minimum atomic E-state index is 0.345. The van der Waals surface area contributed by atoms with Gasteiger partial charge in [-0.25, -0.2) is 0 Å². The van der Waals surface area contributed by atoms with Gasteiger partial charge >= 0.3 is 0 Å². The summed E-state index contributed by atoms with van der Waals surface area (Å²) in [5.74, 6) is 1.46. The zero-order valence-corrected chi connectivity index (χ0v) is 11.4. The SMILES string of the molecule is CCCNC(c1ccncc1OC)C(C)CC. The maximum absolute atomic E-state index is 5.40. The molecular formula is C14H24N2O. The lowest BCUT2D eigenvalue weighted by Gasteiger charge is -2.26. The summed E-state index contributed by atoms with van der Waals surface area (Å²) in [5, 5.41) is 3.60. The molecule has 0 amide bonds. The molecule has 0 aliphatic carbocycles. The predicted molar refractivity (Wildman–Crippen MR) is 71.3 cm³/mol. The minimum Gasteiger partial charge on any atom is -0.495 e. The summed E-state index contributed by atoms with van der Waals surface area (Å²) < 4.78 is 5.40. The summed E-state index contributed by atoms with van der Waals surface area (Å²) in [4.78, 5) is 4.11. The third kappa shape index (κ3) is 3.70. The third-order valence-electron chi connectivity index (χ3n) is 3.20. The Morgan fingerprint density at radius 3 is 2.76 bits per heavy atom. The van der Waals surface area contributed by atoms with Gasteiger partial charge in [0.2, 0.25) is 0 Å². The van der Waals surface area contributed by atoms with E-state index in [-0.39, 0.29) is 0 Å². The van der Waals surface area contributed by atoms with E-state index in [2.05, 4.69) is 37.1 Å². The summed E-state index contributed by atoms with van der Waals surface area (Å²) in [6, 6.07) is 2.40. The van der Waals surface area contributed by atoms with Gasteiger partial charge in [0.1, 0.15) is 5.75 Å². The van der Waals surface area contributed by atoms with Crippen LogP contribution >= 0.6 is 0 Å². The molecule has 1 N–H and O–H groups in total. The highest BCUT2D eigenvalue weighted by atomic mass is 16.5. The van der Waals surface area contributed by atoms with Crippen molar-refractivity contribution in [3.63, 3.8) is 0 Å². The summed E-state index contributed by atoms with van der Waals surface area (Å²) in [7, 11) is 1.70. The topological polar surface area (TPSA) is 34.2 Å². The summed E-state index contributed by atoms with van der Waals surface area (Å²) in [5.41, 5.74) is 1.21. The van der Waals surface area contributed by atoms with Gasteiger partial charge in [-0.3, -0.25) is 4.98 Å². The van der Waals surface area contributed by atoms with Crippen LogP contribution in [0.1, 0.15) is 45.2 Å². The van der Waals surface area contributed by atoms with Crippen LogP contribution in [0.2, 0.25) is 0 Å². The van der Waals surface area contributed by atoms with E-state index >= 15 is 0 Å². The van der Waals surface area contributed by atoms with Crippen molar-refractivity contribution in [1.82, 2.24) is 10.3 Å². The first-order valence-electron chi connectivity index (χ1n) is 6.45. The van der Waals surface area contributed by atoms with Gasteiger partial charge in [-0.15, -0.1) is 0 Å². The highest BCUT2D eigenvalue weighted by molar-refractivity contribution is 5.33. The lowest BCUT2D eigenvalue weighted by molar-refractivity contribution is 0.350. The lowest BCUT2D eigenvalue weighted by atomic mass is 9.92. The number of rotatable bonds is 7. The van der Waals surface area contributed by atoms with Crippen LogP contribution in [0.3, 0.4) is 0 Å². The Hall–Kier alpha value is -1.09. The van der Waals surface area contributed by atoms with E-state index in [4.69, 9.17) is 4.74 Å². The molecule has 0 saturated carbocycles. The van der Waals surface area contributed by atoms with Gasteiger partial charge in [0.05, 0.1) is 13.3 Å². The van der Waals surface area contributed by atoms with E-state index in [1.54, 1.807) is 13.3 Å². The second kappa shape index (κ2) is 7.28. The molecule has 1 aromatic heterocycles. The van der Waals surface area contributed by atoms with Crippen LogP contribution < -0.4 is 10.1 Å². The fourth-order valence-corrected chi connectivity index (χ4v) is 1.97. The molecule has 0 radical (unpaired) electrons. The van der Waals surface area contributed by atoms with Crippen molar-refractivity contribution in [2.45, 2.75) is 39.7 Å². The second-order valence-corrected chi connectivity index (χ2v) is 4.43. The molecule has 1 heterocycles. The van der Waals surface area contributed by atoms with Gasteiger partial charge in [0.25, 0.3) is 0 Å².